The second-order valence-electron chi connectivity index (χ2n) is 4.12. The molecule has 0 saturated heterocycles. The monoisotopic (exact) mass is 264 g/mol. The van der Waals surface area contributed by atoms with Crippen molar-refractivity contribution in [2.24, 2.45) is 0 Å². The van der Waals surface area contributed by atoms with Crippen LogP contribution in [0.3, 0.4) is 0 Å². The lowest BCUT2D eigenvalue weighted by Crippen LogP contribution is -2.15. The zero-order valence-corrected chi connectivity index (χ0v) is 10.3. The summed E-state index contributed by atoms with van der Waals surface area (Å²) in [4.78, 5) is 10.8. The lowest BCUT2D eigenvalue weighted by molar-refractivity contribution is -0.138. The van der Waals surface area contributed by atoms with E-state index in [0.717, 1.165) is 0 Å². The second kappa shape index (κ2) is 5.55. The lowest BCUT2D eigenvalue weighted by atomic mass is 10.1. The molecule has 1 aromatic carbocycles. The van der Waals surface area contributed by atoms with Gasteiger partial charge < -0.3 is 5.11 Å². The first-order valence-corrected chi connectivity index (χ1v) is 5.87. The number of aliphatic carboxylic acids is 1. The quantitative estimate of drug-likeness (QED) is 0.892. The maximum atomic E-state index is 13.2. The third-order valence-corrected chi connectivity index (χ3v) is 2.80. The highest BCUT2D eigenvalue weighted by Gasteiger charge is 2.19. The molecule has 0 aliphatic rings. The number of benzene rings is 1. The molecule has 1 aromatic heterocycles. The molecule has 0 saturated carbocycles. The Labute approximate surface area is 108 Å². The lowest BCUT2D eigenvalue weighted by Gasteiger charge is -2.14. The van der Waals surface area contributed by atoms with Gasteiger partial charge in [0.05, 0.1) is 12.5 Å². The van der Waals surface area contributed by atoms with Crippen LogP contribution in [0.1, 0.15) is 25.8 Å². The third-order valence-electron chi connectivity index (χ3n) is 2.80. The summed E-state index contributed by atoms with van der Waals surface area (Å²) < 4.78 is 14.6. The van der Waals surface area contributed by atoms with Gasteiger partial charge in [-0.05, 0) is 29.0 Å². The molecule has 1 atom stereocenters. The summed E-state index contributed by atoms with van der Waals surface area (Å²) in [5.74, 6) is -0.946. The molecule has 2 aromatic rings. The molecule has 6 nitrogen and oxygen atoms in total. The molecule has 100 valence electrons. The van der Waals surface area contributed by atoms with E-state index in [0.29, 0.717) is 17.8 Å². The van der Waals surface area contributed by atoms with E-state index in [4.69, 9.17) is 5.11 Å². The predicted molar refractivity (Wildman–Crippen MR) is 64.8 cm³/mol. The fourth-order valence-corrected chi connectivity index (χ4v) is 1.86. The number of aromatic nitrogens is 4. The van der Waals surface area contributed by atoms with Crippen LogP contribution in [0.4, 0.5) is 4.39 Å². The van der Waals surface area contributed by atoms with Crippen LogP contribution in [0.2, 0.25) is 0 Å². The van der Waals surface area contributed by atoms with Crippen molar-refractivity contribution in [1.82, 2.24) is 20.2 Å². The van der Waals surface area contributed by atoms with Crippen molar-refractivity contribution >= 4 is 5.97 Å². The molecule has 0 amide bonds. The van der Waals surface area contributed by atoms with Gasteiger partial charge in [-0.2, -0.15) is 0 Å². The summed E-state index contributed by atoms with van der Waals surface area (Å²) in [6, 6.07) is 5.52. The number of carbonyl (C=O) groups is 1. The maximum Gasteiger partial charge on any atom is 0.305 e. The topological polar surface area (TPSA) is 80.9 Å². The van der Waals surface area contributed by atoms with E-state index in [1.54, 1.807) is 12.1 Å². The van der Waals surface area contributed by atoms with Crippen LogP contribution in [0.15, 0.2) is 24.3 Å². The van der Waals surface area contributed by atoms with Crippen LogP contribution in [-0.4, -0.2) is 31.3 Å². The molecule has 2 rings (SSSR count). The van der Waals surface area contributed by atoms with Crippen LogP contribution < -0.4 is 0 Å². The molecule has 0 fully saturated rings. The first kappa shape index (κ1) is 13.1. The van der Waals surface area contributed by atoms with Gasteiger partial charge in [0.2, 0.25) is 0 Å². The molecular weight excluding hydrogens is 251 g/mol. The van der Waals surface area contributed by atoms with E-state index >= 15 is 0 Å². The molecule has 19 heavy (non-hydrogen) atoms. The second-order valence-corrected chi connectivity index (χ2v) is 4.12. The minimum Gasteiger partial charge on any atom is -0.481 e. The average molecular weight is 264 g/mol. The van der Waals surface area contributed by atoms with Crippen molar-refractivity contribution < 1.29 is 14.3 Å². The molecule has 0 radical (unpaired) electrons. The molecule has 1 heterocycles. The van der Waals surface area contributed by atoms with Gasteiger partial charge in [-0.15, -0.1) is 5.10 Å². The van der Waals surface area contributed by atoms with E-state index in [2.05, 4.69) is 15.5 Å². The average Bonchev–Trinajstić information content (AvgIpc) is 2.84. The van der Waals surface area contributed by atoms with Gasteiger partial charge in [0, 0.05) is 5.56 Å². The number of rotatable bonds is 5. The smallest absolute Gasteiger partial charge is 0.305 e. The van der Waals surface area contributed by atoms with Gasteiger partial charge in [0.15, 0.2) is 5.82 Å². The minimum atomic E-state index is -0.924. The van der Waals surface area contributed by atoms with Gasteiger partial charge in [0.1, 0.15) is 5.82 Å². The van der Waals surface area contributed by atoms with E-state index in [1.807, 2.05) is 6.92 Å². The van der Waals surface area contributed by atoms with Gasteiger partial charge in [-0.3, -0.25) is 4.79 Å². The van der Waals surface area contributed by atoms with Crippen LogP contribution in [0.5, 0.6) is 0 Å². The Hall–Kier alpha value is -2.31. The number of nitrogens with zero attached hydrogens (tertiary/aromatic N) is 4. The van der Waals surface area contributed by atoms with E-state index in [9.17, 15) is 9.18 Å². The van der Waals surface area contributed by atoms with E-state index in [-0.39, 0.29) is 12.5 Å². The van der Waals surface area contributed by atoms with Crippen molar-refractivity contribution in [2.75, 3.05) is 0 Å². The predicted octanol–water partition coefficient (Wildman–Crippen LogP) is 1.90. The third kappa shape index (κ3) is 2.93. The van der Waals surface area contributed by atoms with Crippen molar-refractivity contribution in [3.8, 4) is 11.4 Å². The fourth-order valence-electron chi connectivity index (χ4n) is 1.86. The van der Waals surface area contributed by atoms with Gasteiger partial charge >= 0.3 is 5.97 Å². The Morgan fingerprint density at radius 2 is 2.32 bits per heavy atom. The van der Waals surface area contributed by atoms with Crippen molar-refractivity contribution in [1.29, 1.82) is 0 Å². The standard InChI is InChI=1S/C12H13FN4O2/c1-2-10(7-11(18)19)17-12(14-15-16-17)8-4-3-5-9(13)6-8/h3-6,10H,2,7H2,1H3,(H,18,19). The minimum absolute atomic E-state index is 0.0795. The zero-order chi connectivity index (χ0) is 13.8. The molecular formula is C12H13FN4O2. The van der Waals surface area contributed by atoms with Gasteiger partial charge in [-0.25, -0.2) is 9.07 Å². The molecule has 1 unspecified atom stereocenters. The Bertz CT molecular complexity index is 585. The van der Waals surface area contributed by atoms with E-state index in [1.165, 1.54) is 16.8 Å². The Balaban J connectivity index is 2.38. The fraction of sp³-hybridized carbons (Fsp3) is 0.333. The molecule has 0 spiro atoms. The van der Waals surface area contributed by atoms with Crippen LogP contribution in [0.25, 0.3) is 11.4 Å². The highest BCUT2D eigenvalue weighted by atomic mass is 19.1. The van der Waals surface area contributed by atoms with Crippen LogP contribution in [-0.2, 0) is 4.79 Å². The molecule has 0 bridgehead atoms. The molecule has 7 heteroatoms. The Kier molecular flexibility index (Phi) is 3.84. The van der Waals surface area contributed by atoms with Crippen molar-refractivity contribution in [3.63, 3.8) is 0 Å². The molecule has 0 aliphatic heterocycles. The van der Waals surface area contributed by atoms with Crippen LogP contribution >= 0.6 is 0 Å². The van der Waals surface area contributed by atoms with Crippen molar-refractivity contribution in [2.45, 2.75) is 25.8 Å². The number of tetrazole rings is 1. The number of hydrogen-bond acceptors (Lipinski definition) is 4. The number of carboxylic acid groups (broad SMARTS) is 1. The number of hydrogen-bond donors (Lipinski definition) is 1. The number of carboxylic acids is 1. The molecule has 1 N–H and O–H groups in total. The summed E-state index contributed by atoms with van der Waals surface area (Å²) in [5, 5.41) is 20.1. The summed E-state index contributed by atoms with van der Waals surface area (Å²) in [7, 11) is 0. The first-order chi connectivity index (χ1) is 9.11. The van der Waals surface area contributed by atoms with Crippen LogP contribution in [0, 0.1) is 5.82 Å². The summed E-state index contributed by atoms with van der Waals surface area (Å²) in [6.07, 6.45) is 0.490. The van der Waals surface area contributed by atoms with Gasteiger partial charge in [0.25, 0.3) is 0 Å². The van der Waals surface area contributed by atoms with Gasteiger partial charge in [-0.1, -0.05) is 19.1 Å². The first-order valence-electron chi connectivity index (χ1n) is 5.87. The Morgan fingerprint density at radius 3 is 2.95 bits per heavy atom. The summed E-state index contributed by atoms with van der Waals surface area (Å²) >= 11 is 0. The van der Waals surface area contributed by atoms with Crippen molar-refractivity contribution in [3.05, 3.63) is 30.1 Å². The highest BCUT2D eigenvalue weighted by molar-refractivity contribution is 5.67. The highest BCUT2D eigenvalue weighted by Crippen LogP contribution is 2.23. The Morgan fingerprint density at radius 1 is 1.53 bits per heavy atom. The zero-order valence-electron chi connectivity index (χ0n) is 10.3. The normalized spacial score (nSPS) is 12.3. The summed E-state index contributed by atoms with van der Waals surface area (Å²) in [5.41, 5.74) is 0.522. The largest absolute Gasteiger partial charge is 0.481 e. The maximum absolute atomic E-state index is 13.2. The van der Waals surface area contributed by atoms with E-state index < -0.39 is 11.8 Å². The number of halogens is 1. The summed E-state index contributed by atoms with van der Waals surface area (Å²) in [6.45, 7) is 1.85. The molecule has 0 aliphatic carbocycles. The SMILES string of the molecule is CCC(CC(=O)O)n1nnnc1-c1cccc(F)c1.